The number of nitrogens with zero attached hydrogens (tertiary/aromatic N) is 2. The minimum absolute atomic E-state index is 0.152. The van der Waals surface area contributed by atoms with Gasteiger partial charge in [-0.3, -0.25) is 4.90 Å². The van der Waals surface area contributed by atoms with Crippen molar-refractivity contribution < 1.29 is 4.39 Å². The lowest BCUT2D eigenvalue weighted by Crippen LogP contribution is -2.53. The molecule has 1 aliphatic rings. The molecule has 0 radical (unpaired) electrons. The van der Waals surface area contributed by atoms with Crippen molar-refractivity contribution in [2.75, 3.05) is 31.1 Å². The molecule has 1 aromatic rings. The quantitative estimate of drug-likeness (QED) is 0.903. The van der Waals surface area contributed by atoms with Crippen molar-refractivity contribution in [2.45, 2.75) is 39.3 Å². The van der Waals surface area contributed by atoms with Gasteiger partial charge in [-0.05, 0) is 39.3 Å². The molecule has 1 aromatic carbocycles. The molecule has 4 heteroatoms. The van der Waals surface area contributed by atoms with E-state index in [2.05, 4.69) is 30.6 Å². The number of para-hydroxylation sites is 1. The Balaban J connectivity index is 2.19. The van der Waals surface area contributed by atoms with Crippen LogP contribution in [-0.2, 0) is 0 Å². The number of hydrogen-bond donors (Lipinski definition) is 1. The molecule has 3 nitrogen and oxygen atoms in total. The van der Waals surface area contributed by atoms with Crippen LogP contribution in [0.2, 0.25) is 0 Å². The van der Waals surface area contributed by atoms with E-state index in [-0.39, 0.29) is 17.4 Å². The van der Waals surface area contributed by atoms with Gasteiger partial charge in [0, 0.05) is 37.8 Å². The highest BCUT2D eigenvalue weighted by atomic mass is 19.1. The molecule has 20 heavy (non-hydrogen) atoms. The Labute approximate surface area is 121 Å². The number of nitrogens with two attached hydrogens (primary N) is 1. The summed E-state index contributed by atoms with van der Waals surface area (Å²) in [5, 5.41) is 0. The van der Waals surface area contributed by atoms with E-state index in [1.807, 2.05) is 13.0 Å². The summed E-state index contributed by atoms with van der Waals surface area (Å²) in [6.07, 6.45) is 0. The van der Waals surface area contributed by atoms with Crippen LogP contribution in [0.1, 0.15) is 39.3 Å². The van der Waals surface area contributed by atoms with Gasteiger partial charge < -0.3 is 10.6 Å². The summed E-state index contributed by atoms with van der Waals surface area (Å²) in [4.78, 5) is 4.58. The standard InChI is InChI=1S/C16H26FN3/c1-12(18)13-6-5-7-14(17)15(13)19-8-10-20(11-9-19)16(2,3)4/h5-7,12H,8-11,18H2,1-4H3. The first-order chi connectivity index (χ1) is 9.30. The fourth-order valence-electron chi connectivity index (χ4n) is 2.83. The molecule has 0 spiro atoms. The van der Waals surface area contributed by atoms with E-state index >= 15 is 0 Å². The second kappa shape index (κ2) is 5.70. The van der Waals surface area contributed by atoms with Crippen LogP contribution in [0.5, 0.6) is 0 Å². The molecule has 1 heterocycles. The first-order valence-electron chi connectivity index (χ1n) is 7.34. The summed E-state index contributed by atoms with van der Waals surface area (Å²) in [5.74, 6) is -0.163. The third-order valence-electron chi connectivity index (χ3n) is 4.05. The second-order valence-corrected chi connectivity index (χ2v) is 6.61. The molecule has 1 fully saturated rings. The van der Waals surface area contributed by atoms with Gasteiger partial charge in [-0.1, -0.05) is 12.1 Å². The van der Waals surface area contributed by atoms with Crippen molar-refractivity contribution in [2.24, 2.45) is 5.73 Å². The molecule has 1 unspecified atom stereocenters. The fraction of sp³-hybridized carbons (Fsp3) is 0.625. The maximum atomic E-state index is 14.2. The van der Waals surface area contributed by atoms with E-state index in [4.69, 9.17) is 5.73 Å². The molecule has 112 valence electrons. The fourth-order valence-corrected chi connectivity index (χ4v) is 2.83. The number of hydrogen-bond acceptors (Lipinski definition) is 3. The highest BCUT2D eigenvalue weighted by molar-refractivity contribution is 5.56. The normalized spacial score (nSPS) is 19.2. The van der Waals surface area contributed by atoms with Crippen molar-refractivity contribution in [3.05, 3.63) is 29.6 Å². The molecule has 0 saturated carbocycles. The molecule has 2 N–H and O–H groups in total. The van der Waals surface area contributed by atoms with E-state index in [1.54, 1.807) is 6.07 Å². The Morgan fingerprint density at radius 1 is 1.15 bits per heavy atom. The van der Waals surface area contributed by atoms with Crippen molar-refractivity contribution >= 4 is 5.69 Å². The number of rotatable bonds is 2. The summed E-state index contributed by atoms with van der Waals surface area (Å²) < 4.78 is 14.2. The second-order valence-electron chi connectivity index (χ2n) is 6.61. The zero-order valence-electron chi connectivity index (χ0n) is 13.0. The Hall–Kier alpha value is -1.13. The van der Waals surface area contributed by atoms with Crippen LogP contribution in [0, 0.1) is 5.82 Å². The average Bonchev–Trinajstić information content (AvgIpc) is 2.37. The van der Waals surface area contributed by atoms with Gasteiger partial charge in [0.25, 0.3) is 0 Å². The minimum atomic E-state index is -0.163. The topological polar surface area (TPSA) is 32.5 Å². The lowest BCUT2D eigenvalue weighted by Gasteiger charge is -2.43. The van der Waals surface area contributed by atoms with Gasteiger partial charge in [-0.2, -0.15) is 0 Å². The van der Waals surface area contributed by atoms with Crippen molar-refractivity contribution in [3.8, 4) is 0 Å². The SMILES string of the molecule is CC(N)c1cccc(F)c1N1CCN(C(C)(C)C)CC1. The maximum Gasteiger partial charge on any atom is 0.146 e. The monoisotopic (exact) mass is 279 g/mol. The average molecular weight is 279 g/mol. The third-order valence-corrected chi connectivity index (χ3v) is 4.05. The number of halogens is 1. The molecule has 2 rings (SSSR count). The van der Waals surface area contributed by atoms with Crippen LogP contribution < -0.4 is 10.6 Å². The summed E-state index contributed by atoms with van der Waals surface area (Å²) in [5.41, 5.74) is 7.74. The van der Waals surface area contributed by atoms with Gasteiger partial charge in [-0.15, -0.1) is 0 Å². The van der Waals surface area contributed by atoms with Crippen molar-refractivity contribution in [1.82, 2.24) is 4.90 Å². The van der Waals surface area contributed by atoms with E-state index in [0.717, 1.165) is 31.7 Å². The molecule has 1 atom stereocenters. The molecule has 0 aliphatic carbocycles. The highest BCUT2D eigenvalue weighted by Gasteiger charge is 2.28. The van der Waals surface area contributed by atoms with Crippen LogP contribution in [0.4, 0.5) is 10.1 Å². The predicted octanol–water partition coefficient (Wildman–Crippen LogP) is 2.77. The van der Waals surface area contributed by atoms with Gasteiger partial charge in [0.15, 0.2) is 0 Å². The largest absolute Gasteiger partial charge is 0.366 e. The lowest BCUT2D eigenvalue weighted by atomic mass is 10.0. The van der Waals surface area contributed by atoms with Crippen LogP contribution in [0.3, 0.4) is 0 Å². The van der Waals surface area contributed by atoms with Gasteiger partial charge in [0.05, 0.1) is 5.69 Å². The van der Waals surface area contributed by atoms with Crippen molar-refractivity contribution in [1.29, 1.82) is 0 Å². The predicted molar refractivity (Wildman–Crippen MR) is 82.5 cm³/mol. The van der Waals surface area contributed by atoms with E-state index in [9.17, 15) is 4.39 Å². The van der Waals surface area contributed by atoms with Gasteiger partial charge >= 0.3 is 0 Å². The van der Waals surface area contributed by atoms with Gasteiger partial charge in [0.2, 0.25) is 0 Å². The number of benzene rings is 1. The zero-order chi connectivity index (χ0) is 14.9. The first-order valence-corrected chi connectivity index (χ1v) is 7.34. The minimum Gasteiger partial charge on any atom is -0.366 e. The van der Waals surface area contributed by atoms with Crippen LogP contribution in [-0.4, -0.2) is 36.6 Å². The van der Waals surface area contributed by atoms with E-state index < -0.39 is 0 Å². The molecular formula is C16H26FN3. The molecular weight excluding hydrogens is 253 g/mol. The maximum absolute atomic E-state index is 14.2. The van der Waals surface area contributed by atoms with Crippen LogP contribution >= 0.6 is 0 Å². The lowest BCUT2D eigenvalue weighted by molar-refractivity contribution is 0.128. The van der Waals surface area contributed by atoms with Crippen LogP contribution in [0.15, 0.2) is 18.2 Å². The van der Waals surface area contributed by atoms with Crippen molar-refractivity contribution in [3.63, 3.8) is 0 Å². The summed E-state index contributed by atoms with van der Waals surface area (Å²) in [7, 11) is 0. The zero-order valence-corrected chi connectivity index (χ0v) is 13.0. The molecule has 1 aliphatic heterocycles. The number of anilines is 1. The molecule has 0 bridgehead atoms. The summed E-state index contributed by atoms with van der Waals surface area (Å²) >= 11 is 0. The molecule has 0 aromatic heterocycles. The highest BCUT2D eigenvalue weighted by Crippen LogP contribution is 2.30. The van der Waals surface area contributed by atoms with E-state index in [1.165, 1.54) is 6.07 Å². The molecule has 0 amide bonds. The smallest absolute Gasteiger partial charge is 0.146 e. The molecule has 1 saturated heterocycles. The van der Waals surface area contributed by atoms with E-state index in [0.29, 0.717) is 5.69 Å². The summed E-state index contributed by atoms with van der Waals surface area (Å²) in [6, 6.07) is 5.04. The Morgan fingerprint density at radius 2 is 1.75 bits per heavy atom. The van der Waals surface area contributed by atoms with Gasteiger partial charge in [-0.25, -0.2) is 4.39 Å². The Bertz CT molecular complexity index is 457. The first kappa shape index (κ1) is 15.3. The Morgan fingerprint density at radius 3 is 2.25 bits per heavy atom. The van der Waals surface area contributed by atoms with Gasteiger partial charge in [0.1, 0.15) is 5.82 Å². The number of piperazine rings is 1. The third kappa shape index (κ3) is 3.13. The van der Waals surface area contributed by atoms with Crippen LogP contribution in [0.25, 0.3) is 0 Å². The Kier molecular flexibility index (Phi) is 4.35. The summed E-state index contributed by atoms with van der Waals surface area (Å²) in [6.45, 7) is 12.2.